The van der Waals surface area contributed by atoms with Crippen LogP contribution in [0.1, 0.15) is 37.8 Å². The Kier molecular flexibility index (Phi) is 4.34. The lowest BCUT2D eigenvalue weighted by Gasteiger charge is -2.32. The van der Waals surface area contributed by atoms with Gasteiger partial charge < -0.3 is 15.0 Å². The number of amides is 1. The van der Waals surface area contributed by atoms with Gasteiger partial charge in [0, 0.05) is 44.6 Å². The molecule has 0 aliphatic carbocycles. The van der Waals surface area contributed by atoms with Crippen LogP contribution in [0.25, 0.3) is 0 Å². The zero-order valence-electron chi connectivity index (χ0n) is 12.4. The summed E-state index contributed by atoms with van der Waals surface area (Å²) in [4.78, 5) is 21.9. The number of carbonyl (C=O) groups excluding carboxylic acids is 1. The largest absolute Gasteiger partial charge is 0.381 e. The Balaban J connectivity index is 1.58. The summed E-state index contributed by atoms with van der Waals surface area (Å²) in [6.07, 6.45) is 4.59. The predicted molar refractivity (Wildman–Crippen MR) is 79.1 cm³/mol. The van der Waals surface area contributed by atoms with Crippen molar-refractivity contribution in [3.05, 3.63) is 18.1 Å². The average Bonchev–Trinajstić information content (AvgIpc) is 3.02. The number of anilines is 1. The SMILES string of the molecule is CC(=O)N1CCC(Nc2cc([C@H]3CCOC3)ncn2)CC1. The fourth-order valence-electron chi connectivity index (χ4n) is 2.99. The molecule has 1 N–H and O–H groups in total. The topological polar surface area (TPSA) is 67.4 Å². The second-order valence-corrected chi connectivity index (χ2v) is 5.81. The molecule has 0 unspecified atom stereocenters. The summed E-state index contributed by atoms with van der Waals surface area (Å²) in [7, 11) is 0. The maximum atomic E-state index is 11.3. The highest BCUT2D eigenvalue weighted by molar-refractivity contribution is 5.73. The van der Waals surface area contributed by atoms with Crippen LogP contribution in [-0.2, 0) is 9.53 Å². The van der Waals surface area contributed by atoms with Crippen LogP contribution in [0, 0.1) is 0 Å². The van der Waals surface area contributed by atoms with Crippen molar-refractivity contribution in [3.8, 4) is 0 Å². The molecule has 2 aliphatic heterocycles. The van der Waals surface area contributed by atoms with Crippen LogP contribution in [0.15, 0.2) is 12.4 Å². The molecule has 2 saturated heterocycles. The molecular weight excluding hydrogens is 268 g/mol. The summed E-state index contributed by atoms with van der Waals surface area (Å²) in [5, 5.41) is 3.47. The summed E-state index contributed by atoms with van der Waals surface area (Å²) in [5.74, 6) is 1.44. The second kappa shape index (κ2) is 6.39. The third-order valence-corrected chi connectivity index (χ3v) is 4.33. The van der Waals surface area contributed by atoms with E-state index < -0.39 is 0 Å². The van der Waals surface area contributed by atoms with E-state index in [1.165, 1.54) is 0 Å². The van der Waals surface area contributed by atoms with E-state index >= 15 is 0 Å². The predicted octanol–water partition coefficient (Wildman–Crippen LogP) is 1.40. The van der Waals surface area contributed by atoms with Gasteiger partial charge >= 0.3 is 0 Å². The maximum absolute atomic E-state index is 11.3. The Morgan fingerprint density at radius 2 is 2.14 bits per heavy atom. The number of ether oxygens (including phenoxy) is 1. The molecule has 1 aromatic heterocycles. The highest BCUT2D eigenvalue weighted by Gasteiger charge is 2.22. The van der Waals surface area contributed by atoms with Gasteiger partial charge in [0.05, 0.1) is 12.3 Å². The molecule has 21 heavy (non-hydrogen) atoms. The van der Waals surface area contributed by atoms with Gasteiger partial charge in [0.25, 0.3) is 0 Å². The van der Waals surface area contributed by atoms with Crippen molar-refractivity contribution >= 4 is 11.7 Å². The quantitative estimate of drug-likeness (QED) is 0.911. The van der Waals surface area contributed by atoms with Crippen molar-refractivity contribution in [2.75, 3.05) is 31.6 Å². The molecule has 0 aromatic carbocycles. The molecule has 0 spiro atoms. The first kappa shape index (κ1) is 14.3. The average molecular weight is 290 g/mol. The molecule has 114 valence electrons. The lowest BCUT2D eigenvalue weighted by molar-refractivity contribution is -0.129. The molecular formula is C15H22N4O2. The summed E-state index contributed by atoms with van der Waals surface area (Å²) in [6, 6.07) is 2.42. The summed E-state index contributed by atoms with van der Waals surface area (Å²) in [6.45, 7) is 4.85. The first-order valence-electron chi connectivity index (χ1n) is 7.64. The molecule has 2 fully saturated rings. The van der Waals surface area contributed by atoms with Gasteiger partial charge in [-0.3, -0.25) is 4.79 Å². The van der Waals surface area contributed by atoms with Gasteiger partial charge in [-0.15, -0.1) is 0 Å². The third kappa shape index (κ3) is 3.50. The van der Waals surface area contributed by atoms with Gasteiger partial charge in [-0.1, -0.05) is 0 Å². The highest BCUT2D eigenvalue weighted by Crippen LogP contribution is 2.25. The van der Waals surface area contributed by atoms with E-state index in [4.69, 9.17) is 4.74 Å². The Morgan fingerprint density at radius 3 is 2.81 bits per heavy atom. The standard InChI is InChI=1S/C15H22N4O2/c1-11(20)19-5-2-13(3-6-19)18-15-8-14(16-10-17-15)12-4-7-21-9-12/h8,10,12-13H,2-7,9H2,1H3,(H,16,17,18)/t12-/m0/s1. The molecule has 1 atom stereocenters. The smallest absolute Gasteiger partial charge is 0.219 e. The van der Waals surface area contributed by atoms with Crippen molar-refractivity contribution in [2.24, 2.45) is 0 Å². The minimum atomic E-state index is 0.166. The summed E-state index contributed by atoms with van der Waals surface area (Å²) < 4.78 is 5.42. The van der Waals surface area contributed by atoms with Crippen molar-refractivity contribution in [1.29, 1.82) is 0 Å². The molecule has 1 aromatic rings. The molecule has 3 heterocycles. The van der Waals surface area contributed by atoms with E-state index in [1.807, 2.05) is 11.0 Å². The minimum Gasteiger partial charge on any atom is -0.381 e. The van der Waals surface area contributed by atoms with Gasteiger partial charge in [-0.2, -0.15) is 0 Å². The number of hydrogen-bond acceptors (Lipinski definition) is 5. The molecule has 0 saturated carbocycles. The van der Waals surface area contributed by atoms with Crippen LogP contribution in [0.5, 0.6) is 0 Å². The van der Waals surface area contributed by atoms with Crippen LogP contribution >= 0.6 is 0 Å². The fraction of sp³-hybridized carbons (Fsp3) is 0.667. The normalized spacial score (nSPS) is 23.3. The molecule has 0 radical (unpaired) electrons. The van der Waals surface area contributed by atoms with E-state index in [9.17, 15) is 4.79 Å². The van der Waals surface area contributed by atoms with E-state index in [1.54, 1.807) is 13.3 Å². The van der Waals surface area contributed by atoms with Crippen LogP contribution in [0.4, 0.5) is 5.82 Å². The summed E-state index contributed by atoms with van der Waals surface area (Å²) >= 11 is 0. The lowest BCUT2D eigenvalue weighted by Crippen LogP contribution is -2.41. The van der Waals surface area contributed by atoms with E-state index in [-0.39, 0.29) is 5.91 Å². The molecule has 6 heteroatoms. The maximum Gasteiger partial charge on any atom is 0.219 e. The third-order valence-electron chi connectivity index (χ3n) is 4.33. The first-order valence-corrected chi connectivity index (χ1v) is 7.64. The van der Waals surface area contributed by atoms with Crippen LogP contribution < -0.4 is 5.32 Å². The number of likely N-dealkylation sites (tertiary alicyclic amines) is 1. The summed E-state index contributed by atoms with van der Waals surface area (Å²) in [5.41, 5.74) is 1.06. The van der Waals surface area contributed by atoms with E-state index in [0.29, 0.717) is 12.0 Å². The lowest BCUT2D eigenvalue weighted by atomic mass is 10.0. The minimum absolute atomic E-state index is 0.166. The van der Waals surface area contributed by atoms with Crippen molar-refractivity contribution in [1.82, 2.24) is 14.9 Å². The van der Waals surface area contributed by atoms with Gasteiger partial charge in [0.15, 0.2) is 0 Å². The zero-order chi connectivity index (χ0) is 14.7. The van der Waals surface area contributed by atoms with Gasteiger partial charge in [-0.05, 0) is 19.3 Å². The number of rotatable bonds is 3. The van der Waals surface area contributed by atoms with Crippen molar-refractivity contribution in [3.63, 3.8) is 0 Å². The van der Waals surface area contributed by atoms with Crippen LogP contribution in [-0.4, -0.2) is 53.1 Å². The van der Waals surface area contributed by atoms with Crippen LogP contribution in [0.3, 0.4) is 0 Å². The zero-order valence-corrected chi connectivity index (χ0v) is 12.4. The molecule has 1 amide bonds. The molecule has 3 rings (SSSR count). The number of nitrogens with one attached hydrogen (secondary N) is 1. The van der Waals surface area contributed by atoms with Gasteiger partial charge in [0.1, 0.15) is 12.1 Å². The Labute approximate surface area is 124 Å². The van der Waals surface area contributed by atoms with Gasteiger partial charge in [-0.25, -0.2) is 9.97 Å². The van der Waals surface area contributed by atoms with E-state index in [2.05, 4.69) is 15.3 Å². The van der Waals surface area contributed by atoms with Crippen LogP contribution in [0.2, 0.25) is 0 Å². The Hall–Kier alpha value is -1.69. The second-order valence-electron chi connectivity index (χ2n) is 5.81. The Bertz CT molecular complexity index is 494. The van der Waals surface area contributed by atoms with E-state index in [0.717, 1.165) is 57.1 Å². The number of nitrogens with zero attached hydrogens (tertiary/aromatic N) is 3. The molecule has 0 bridgehead atoms. The van der Waals surface area contributed by atoms with Crippen molar-refractivity contribution in [2.45, 2.75) is 38.1 Å². The fourth-order valence-corrected chi connectivity index (χ4v) is 2.99. The Morgan fingerprint density at radius 1 is 1.33 bits per heavy atom. The van der Waals surface area contributed by atoms with Crippen molar-refractivity contribution < 1.29 is 9.53 Å². The number of carbonyl (C=O) groups is 1. The highest BCUT2D eigenvalue weighted by atomic mass is 16.5. The molecule has 2 aliphatic rings. The van der Waals surface area contributed by atoms with Gasteiger partial charge in [0.2, 0.25) is 5.91 Å². The number of piperidine rings is 1. The number of hydrogen-bond donors (Lipinski definition) is 1. The first-order chi connectivity index (χ1) is 10.2. The number of aromatic nitrogens is 2. The monoisotopic (exact) mass is 290 g/mol. The molecule has 6 nitrogen and oxygen atoms in total.